The Bertz CT molecular complexity index is 918. The molecular weight excluding hydrogens is 380 g/mol. The molecule has 6 nitrogen and oxygen atoms in total. The average Bonchev–Trinajstić information content (AvgIpc) is 3.33. The number of anilines is 2. The fourth-order valence-electron chi connectivity index (χ4n) is 2.25. The van der Waals surface area contributed by atoms with Crippen LogP contribution in [0.2, 0.25) is 0 Å². The highest BCUT2D eigenvalue weighted by Gasteiger charge is 2.10. The minimum atomic E-state index is -0.309. The number of thiophene rings is 1. The van der Waals surface area contributed by atoms with E-state index in [0.29, 0.717) is 17.9 Å². The number of rotatable bonds is 7. The van der Waals surface area contributed by atoms with E-state index in [0.717, 1.165) is 15.6 Å². The van der Waals surface area contributed by atoms with Gasteiger partial charge < -0.3 is 16.0 Å². The Morgan fingerprint density at radius 3 is 2.48 bits per heavy atom. The second-order valence-corrected chi connectivity index (χ2v) is 7.35. The van der Waals surface area contributed by atoms with Crippen LogP contribution in [0.15, 0.2) is 59.8 Å². The van der Waals surface area contributed by atoms with E-state index in [2.05, 4.69) is 27.5 Å². The molecule has 3 amide bonds. The number of amides is 3. The van der Waals surface area contributed by atoms with Gasteiger partial charge in [-0.2, -0.15) is 0 Å². The molecule has 3 N–H and O–H groups in total. The molecule has 0 saturated heterocycles. The molecule has 2 heterocycles. The summed E-state index contributed by atoms with van der Waals surface area (Å²) in [6.45, 7) is 3.93. The lowest BCUT2D eigenvalue weighted by atomic mass is 10.2. The van der Waals surface area contributed by atoms with Crippen LogP contribution in [-0.4, -0.2) is 23.5 Å². The van der Waals surface area contributed by atoms with Gasteiger partial charge in [0, 0.05) is 23.3 Å². The van der Waals surface area contributed by atoms with Crippen molar-refractivity contribution in [2.45, 2.75) is 6.42 Å². The number of carbonyl (C=O) groups excluding carboxylic acids is 2. The number of aromatic nitrogens is 1. The minimum Gasteiger partial charge on any atom is -0.334 e. The molecule has 3 aromatic rings. The number of carbonyl (C=O) groups is 2. The van der Waals surface area contributed by atoms with E-state index in [4.69, 9.17) is 0 Å². The van der Waals surface area contributed by atoms with Gasteiger partial charge in [0.05, 0.1) is 17.0 Å². The lowest BCUT2D eigenvalue weighted by molar-refractivity contribution is -0.115. The van der Waals surface area contributed by atoms with Crippen molar-refractivity contribution in [3.8, 4) is 9.88 Å². The zero-order chi connectivity index (χ0) is 19.1. The first-order valence-electron chi connectivity index (χ1n) is 8.18. The Balaban J connectivity index is 1.52. The van der Waals surface area contributed by atoms with Crippen molar-refractivity contribution >= 4 is 46.0 Å². The van der Waals surface area contributed by atoms with E-state index in [-0.39, 0.29) is 18.4 Å². The quantitative estimate of drug-likeness (QED) is 0.517. The summed E-state index contributed by atoms with van der Waals surface area (Å²) in [6.07, 6.45) is 1.82. The zero-order valence-corrected chi connectivity index (χ0v) is 16.0. The molecule has 0 fully saturated rings. The van der Waals surface area contributed by atoms with Crippen molar-refractivity contribution in [1.29, 1.82) is 0 Å². The van der Waals surface area contributed by atoms with Crippen LogP contribution in [0.5, 0.6) is 0 Å². The summed E-state index contributed by atoms with van der Waals surface area (Å²) in [4.78, 5) is 29.4. The van der Waals surface area contributed by atoms with Crippen LogP contribution < -0.4 is 16.0 Å². The maximum atomic E-state index is 12.2. The smallest absolute Gasteiger partial charge is 0.319 e. The normalized spacial score (nSPS) is 10.2. The molecule has 1 aromatic carbocycles. The lowest BCUT2D eigenvalue weighted by Gasteiger charge is -2.08. The van der Waals surface area contributed by atoms with Gasteiger partial charge in [0.25, 0.3) is 0 Å². The second kappa shape index (κ2) is 9.11. The minimum absolute atomic E-state index is 0.137. The monoisotopic (exact) mass is 398 g/mol. The first kappa shape index (κ1) is 18.8. The molecule has 27 heavy (non-hydrogen) atoms. The Kier molecular flexibility index (Phi) is 6.35. The summed E-state index contributed by atoms with van der Waals surface area (Å²) in [5.74, 6) is -0.137. The van der Waals surface area contributed by atoms with Crippen LogP contribution in [0.1, 0.15) is 5.69 Å². The molecule has 0 aliphatic carbocycles. The zero-order valence-electron chi connectivity index (χ0n) is 14.4. The molecular formula is C19H18N4O2S2. The van der Waals surface area contributed by atoms with E-state index >= 15 is 0 Å². The highest BCUT2D eigenvalue weighted by Crippen LogP contribution is 2.28. The van der Waals surface area contributed by atoms with Crippen molar-refractivity contribution in [1.82, 2.24) is 10.3 Å². The molecule has 0 aliphatic heterocycles. The van der Waals surface area contributed by atoms with Crippen LogP contribution in [0, 0.1) is 0 Å². The Hall–Kier alpha value is -2.97. The van der Waals surface area contributed by atoms with E-state index < -0.39 is 0 Å². The van der Waals surface area contributed by atoms with Gasteiger partial charge in [-0.05, 0) is 35.7 Å². The fraction of sp³-hybridized carbons (Fsp3) is 0.105. The maximum absolute atomic E-state index is 12.2. The Morgan fingerprint density at radius 1 is 1.07 bits per heavy atom. The molecule has 0 spiro atoms. The number of hydrogen-bond acceptors (Lipinski definition) is 5. The van der Waals surface area contributed by atoms with Gasteiger partial charge >= 0.3 is 6.03 Å². The van der Waals surface area contributed by atoms with Crippen LogP contribution in [-0.2, 0) is 11.2 Å². The summed E-state index contributed by atoms with van der Waals surface area (Å²) >= 11 is 3.16. The summed E-state index contributed by atoms with van der Waals surface area (Å²) in [7, 11) is 0. The van der Waals surface area contributed by atoms with Crippen molar-refractivity contribution in [2.75, 3.05) is 17.2 Å². The molecule has 8 heteroatoms. The Morgan fingerprint density at radius 2 is 1.81 bits per heavy atom. The molecule has 0 bridgehead atoms. The predicted octanol–water partition coefficient (Wildman–Crippen LogP) is 4.36. The van der Waals surface area contributed by atoms with Gasteiger partial charge in [0.2, 0.25) is 5.91 Å². The summed E-state index contributed by atoms with van der Waals surface area (Å²) in [6, 6.07) is 10.6. The van der Waals surface area contributed by atoms with Gasteiger partial charge in [0.15, 0.2) is 0 Å². The van der Waals surface area contributed by atoms with Crippen molar-refractivity contribution in [3.63, 3.8) is 0 Å². The topological polar surface area (TPSA) is 83.1 Å². The first-order chi connectivity index (χ1) is 13.1. The SMILES string of the molecule is C=CCNC(=O)Nc1ccc(NC(=O)Cc2csc(-c3cccs3)n2)cc1. The van der Waals surface area contributed by atoms with Gasteiger partial charge in [0.1, 0.15) is 5.01 Å². The molecule has 138 valence electrons. The van der Waals surface area contributed by atoms with Crippen molar-refractivity contribution in [3.05, 3.63) is 65.5 Å². The van der Waals surface area contributed by atoms with E-state index in [1.165, 1.54) is 11.3 Å². The predicted molar refractivity (Wildman–Crippen MR) is 111 cm³/mol. The van der Waals surface area contributed by atoms with Gasteiger partial charge in [-0.25, -0.2) is 9.78 Å². The fourth-order valence-corrected chi connectivity index (χ4v) is 3.88. The maximum Gasteiger partial charge on any atom is 0.319 e. The van der Waals surface area contributed by atoms with Crippen LogP contribution in [0.4, 0.5) is 16.2 Å². The average molecular weight is 399 g/mol. The van der Waals surface area contributed by atoms with E-state index in [9.17, 15) is 9.59 Å². The van der Waals surface area contributed by atoms with Crippen molar-refractivity contribution in [2.24, 2.45) is 0 Å². The van der Waals surface area contributed by atoms with Gasteiger partial charge in [-0.15, -0.1) is 29.3 Å². The highest BCUT2D eigenvalue weighted by atomic mass is 32.1. The number of benzene rings is 1. The third kappa shape index (κ3) is 5.50. The van der Waals surface area contributed by atoms with Gasteiger partial charge in [-0.1, -0.05) is 12.1 Å². The number of hydrogen-bond donors (Lipinski definition) is 3. The third-order valence-electron chi connectivity index (χ3n) is 3.46. The molecule has 0 aliphatic rings. The molecule has 3 rings (SSSR count). The van der Waals surface area contributed by atoms with Crippen LogP contribution in [0.3, 0.4) is 0 Å². The molecule has 2 aromatic heterocycles. The lowest BCUT2D eigenvalue weighted by Crippen LogP contribution is -2.28. The second-order valence-electron chi connectivity index (χ2n) is 5.55. The first-order valence-corrected chi connectivity index (χ1v) is 9.94. The number of urea groups is 1. The number of nitrogens with zero attached hydrogens (tertiary/aromatic N) is 1. The van der Waals surface area contributed by atoms with Crippen molar-refractivity contribution < 1.29 is 9.59 Å². The largest absolute Gasteiger partial charge is 0.334 e. The summed E-state index contributed by atoms with van der Waals surface area (Å²) in [5, 5.41) is 13.0. The third-order valence-corrected chi connectivity index (χ3v) is 5.39. The summed E-state index contributed by atoms with van der Waals surface area (Å²) in [5.41, 5.74) is 2.04. The number of thiazole rings is 1. The number of nitrogens with one attached hydrogen (secondary N) is 3. The molecule has 0 unspecified atom stereocenters. The highest BCUT2D eigenvalue weighted by molar-refractivity contribution is 7.20. The Labute approximate surface area is 165 Å². The van der Waals surface area contributed by atoms with Gasteiger partial charge in [-0.3, -0.25) is 4.79 Å². The molecule has 0 atom stereocenters. The molecule has 0 radical (unpaired) electrons. The van der Waals surface area contributed by atoms with Crippen LogP contribution in [0.25, 0.3) is 9.88 Å². The molecule has 0 saturated carbocycles. The van der Waals surface area contributed by atoms with Crippen LogP contribution >= 0.6 is 22.7 Å². The summed E-state index contributed by atoms with van der Waals surface area (Å²) < 4.78 is 0. The van der Waals surface area contributed by atoms with E-state index in [1.54, 1.807) is 41.7 Å². The van der Waals surface area contributed by atoms with E-state index in [1.807, 2.05) is 22.9 Å². The standard InChI is InChI=1S/C19H18N4O2S2/c1-2-9-20-19(25)23-14-7-5-13(6-8-14)21-17(24)11-15-12-27-18(22-15)16-4-3-10-26-16/h2-8,10,12H,1,9,11H2,(H,21,24)(H2,20,23,25).